The minimum absolute atomic E-state index is 0.245. The summed E-state index contributed by atoms with van der Waals surface area (Å²) in [4.78, 5) is 26.0. The standard InChI is InChI=1S/C16H19N3O2/c1-17-14(9-15(20)18(2)16(17)21)11-19-8-7-12-5-3-4-6-13(12)10-19/h3-6,9H,7-8,10-11H2,1-2H3. The highest BCUT2D eigenvalue weighted by molar-refractivity contribution is 5.29. The summed E-state index contributed by atoms with van der Waals surface area (Å²) in [6.07, 6.45) is 1.01. The molecule has 0 radical (unpaired) electrons. The molecule has 0 saturated carbocycles. The molecule has 0 atom stereocenters. The zero-order valence-corrected chi connectivity index (χ0v) is 12.4. The maximum Gasteiger partial charge on any atom is 0.330 e. The fourth-order valence-electron chi connectivity index (χ4n) is 2.85. The molecular weight excluding hydrogens is 266 g/mol. The van der Waals surface area contributed by atoms with Crippen LogP contribution in [0.2, 0.25) is 0 Å². The van der Waals surface area contributed by atoms with Gasteiger partial charge in [-0.25, -0.2) is 4.79 Å². The maximum atomic E-state index is 12.0. The van der Waals surface area contributed by atoms with Crippen molar-refractivity contribution in [3.8, 4) is 0 Å². The molecule has 0 fully saturated rings. The van der Waals surface area contributed by atoms with Crippen LogP contribution < -0.4 is 11.2 Å². The quantitative estimate of drug-likeness (QED) is 0.813. The second kappa shape index (κ2) is 5.33. The molecule has 1 aromatic carbocycles. The van der Waals surface area contributed by atoms with Crippen LogP contribution >= 0.6 is 0 Å². The maximum absolute atomic E-state index is 12.0. The Morgan fingerprint density at radius 1 is 1.05 bits per heavy atom. The number of benzene rings is 1. The molecule has 2 heterocycles. The van der Waals surface area contributed by atoms with Crippen molar-refractivity contribution in [3.05, 3.63) is 68.0 Å². The highest BCUT2D eigenvalue weighted by Crippen LogP contribution is 2.19. The van der Waals surface area contributed by atoms with Crippen LogP contribution in [0, 0.1) is 0 Å². The van der Waals surface area contributed by atoms with Gasteiger partial charge in [0.05, 0.1) is 0 Å². The fraction of sp³-hybridized carbons (Fsp3) is 0.375. The molecule has 1 aliphatic rings. The number of nitrogens with zero attached hydrogens (tertiary/aromatic N) is 3. The lowest BCUT2D eigenvalue weighted by molar-refractivity contribution is 0.238. The van der Waals surface area contributed by atoms with Gasteiger partial charge in [-0.2, -0.15) is 0 Å². The zero-order chi connectivity index (χ0) is 15.0. The third-order valence-electron chi connectivity index (χ3n) is 4.22. The minimum Gasteiger partial charge on any atom is -0.299 e. The van der Waals surface area contributed by atoms with E-state index in [0.717, 1.165) is 29.8 Å². The number of hydrogen-bond acceptors (Lipinski definition) is 3. The summed E-state index contributed by atoms with van der Waals surface area (Å²) in [7, 11) is 3.22. The number of rotatable bonds is 2. The molecule has 3 rings (SSSR count). The van der Waals surface area contributed by atoms with Crippen LogP contribution in [0.15, 0.2) is 39.9 Å². The van der Waals surface area contributed by atoms with E-state index in [0.29, 0.717) is 6.54 Å². The van der Waals surface area contributed by atoms with Gasteiger partial charge in [0.1, 0.15) is 0 Å². The van der Waals surface area contributed by atoms with Crippen LogP contribution in [0.3, 0.4) is 0 Å². The Morgan fingerprint density at radius 2 is 1.76 bits per heavy atom. The summed E-state index contributed by atoms with van der Waals surface area (Å²) in [5, 5.41) is 0. The van der Waals surface area contributed by atoms with E-state index >= 15 is 0 Å². The van der Waals surface area contributed by atoms with E-state index in [9.17, 15) is 9.59 Å². The van der Waals surface area contributed by atoms with E-state index in [-0.39, 0.29) is 11.2 Å². The first-order chi connectivity index (χ1) is 10.1. The van der Waals surface area contributed by atoms with Crippen molar-refractivity contribution >= 4 is 0 Å². The number of fused-ring (bicyclic) bond motifs is 1. The van der Waals surface area contributed by atoms with Crippen LogP contribution in [0.1, 0.15) is 16.8 Å². The first-order valence-electron chi connectivity index (χ1n) is 7.11. The van der Waals surface area contributed by atoms with Crippen LogP contribution in [-0.4, -0.2) is 20.6 Å². The molecule has 1 aliphatic heterocycles. The first-order valence-corrected chi connectivity index (χ1v) is 7.11. The van der Waals surface area contributed by atoms with Gasteiger partial charge in [0.2, 0.25) is 0 Å². The van der Waals surface area contributed by atoms with Crippen molar-refractivity contribution in [1.82, 2.24) is 14.0 Å². The average molecular weight is 285 g/mol. The fourth-order valence-corrected chi connectivity index (χ4v) is 2.85. The van der Waals surface area contributed by atoms with E-state index in [1.807, 2.05) is 0 Å². The van der Waals surface area contributed by atoms with E-state index in [4.69, 9.17) is 0 Å². The molecule has 0 spiro atoms. The number of aromatic nitrogens is 2. The van der Waals surface area contributed by atoms with Crippen LogP contribution in [0.5, 0.6) is 0 Å². The highest BCUT2D eigenvalue weighted by atomic mass is 16.2. The lowest BCUT2D eigenvalue weighted by atomic mass is 10.00. The first kappa shape index (κ1) is 13.8. The summed E-state index contributed by atoms with van der Waals surface area (Å²) >= 11 is 0. The van der Waals surface area contributed by atoms with E-state index in [1.54, 1.807) is 17.7 Å². The Hall–Kier alpha value is -2.14. The topological polar surface area (TPSA) is 47.2 Å². The van der Waals surface area contributed by atoms with Crippen molar-refractivity contribution in [2.75, 3.05) is 6.54 Å². The number of hydrogen-bond donors (Lipinski definition) is 0. The van der Waals surface area contributed by atoms with Gasteiger partial charge in [-0.15, -0.1) is 0 Å². The van der Waals surface area contributed by atoms with Crippen molar-refractivity contribution in [3.63, 3.8) is 0 Å². The Labute approximate surface area is 123 Å². The van der Waals surface area contributed by atoms with Gasteiger partial charge in [-0.3, -0.25) is 18.8 Å². The lowest BCUT2D eigenvalue weighted by Gasteiger charge is -2.29. The van der Waals surface area contributed by atoms with Gasteiger partial charge in [0, 0.05) is 45.5 Å². The van der Waals surface area contributed by atoms with Crippen molar-refractivity contribution in [2.24, 2.45) is 14.1 Å². The summed E-state index contributed by atoms with van der Waals surface area (Å²) < 4.78 is 2.69. The molecule has 0 aliphatic carbocycles. The molecule has 2 aromatic rings. The third-order valence-corrected chi connectivity index (χ3v) is 4.22. The Balaban J connectivity index is 1.86. The molecule has 0 amide bonds. The predicted molar refractivity (Wildman–Crippen MR) is 81.2 cm³/mol. The van der Waals surface area contributed by atoms with Gasteiger partial charge in [0.25, 0.3) is 5.56 Å². The van der Waals surface area contributed by atoms with Crippen molar-refractivity contribution < 1.29 is 0 Å². The van der Waals surface area contributed by atoms with Crippen LogP contribution in [0.4, 0.5) is 0 Å². The third kappa shape index (κ3) is 2.56. The Morgan fingerprint density at radius 3 is 2.52 bits per heavy atom. The molecular formula is C16H19N3O2. The van der Waals surface area contributed by atoms with Gasteiger partial charge < -0.3 is 0 Å². The lowest BCUT2D eigenvalue weighted by Crippen LogP contribution is -2.40. The smallest absolute Gasteiger partial charge is 0.299 e. The average Bonchev–Trinajstić information content (AvgIpc) is 2.50. The van der Waals surface area contributed by atoms with Gasteiger partial charge in [-0.05, 0) is 17.5 Å². The molecule has 21 heavy (non-hydrogen) atoms. The normalized spacial score (nSPS) is 15.0. The molecule has 5 heteroatoms. The van der Waals surface area contributed by atoms with Crippen molar-refractivity contribution in [2.45, 2.75) is 19.5 Å². The largest absolute Gasteiger partial charge is 0.330 e. The van der Waals surface area contributed by atoms with Crippen LogP contribution in [-0.2, 0) is 33.6 Å². The highest BCUT2D eigenvalue weighted by Gasteiger charge is 2.17. The van der Waals surface area contributed by atoms with Crippen LogP contribution in [0.25, 0.3) is 0 Å². The summed E-state index contributed by atoms with van der Waals surface area (Å²) in [5.74, 6) is 0. The predicted octanol–water partition coefficient (Wildman–Crippen LogP) is 0.642. The molecule has 0 saturated heterocycles. The monoisotopic (exact) mass is 285 g/mol. The molecule has 110 valence electrons. The molecule has 5 nitrogen and oxygen atoms in total. The SMILES string of the molecule is Cn1c(CN2CCc3ccccc3C2)cc(=O)n(C)c1=O. The van der Waals surface area contributed by atoms with E-state index in [2.05, 4.69) is 29.2 Å². The Kier molecular flexibility index (Phi) is 3.51. The van der Waals surface area contributed by atoms with Gasteiger partial charge in [0.15, 0.2) is 0 Å². The molecule has 0 N–H and O–H groups in total. The van der Waals surface area contributed by atoms with E-state index < -0.39 is 0 Å². The summed E-state index contributed by atoms with van der Waals surface area (Å²) in [5.41, 5.74) is 2.98. The second-order valence-corrected chi connectivity index (χ2v) is 5.60. The minimum atomic E-state index is -0.269. The zero-order valence-electron chi connectivity index (χ0n) is 12.4. The molecule has 1 aromatic heterocycles. The van der Waals surface area contributed by atoms with E-state index in [1.165, 1.54) is 18.2 Å². The summed E-state index contributed by atoms with van der Waals surface area (Å²) in [6.45, 7) is 2.43. The van der Waals surface area contributed by atoms with Crippen molar-refractivity contribution in [1.29, 1.82) is 0 Å². The molecule has 0 bridgehead atoms. The second-order valence-electron chi connectivity index (χ2n) is 5.60. The molecule has 0 unspecified atom stereocenters. The van der Waals surface area contributed by atoms with Gasteiger partial charge >= 0.3 is 5.69 Å². The van der Waals surface area contributed by atoms with Gasteiger partial charge in [-0.1, -0.05) is 24.3 Å². The summed E-state index contributed by atoms with van der Waals surface area (Å²) in [6, 6.07) is 9.99. The Bertz CT molecular complexity index is 789.